The zero-order chi connectivity index (χ0) is 20.6. The molecule has 3 rings (SSSR count). The van der Waals surface area contributed by atoms with Crippen LogP contribution in [0.15, 0.2) is 23.2 Å². The Morgan fingerprint density at radius 3 is 2.79 bits per heavy atom. The van der Waals surface area contributed by atoms with E-state index in [1.807, 2.05) is 0 Å². The molecular formula is C19H26F2N6O2. The third-order valence-electron chi connectivity index (χ3n) is 4.75. The van der Waals surface area contributed by atoms with Crippen molar-refractivity contribution in [1.82, 2.24) is 25.4 Å². The summed E-state index contributed by atoms with van der Waals surface area (Å²) in [5.41, 5.74) is 0.531. The summed E-state index contributed by atoms with van der Waals surface area (Å²) in [6, 6.07) is 4.69. The van der Waals surface area contributed by atoms with Crippen molar-refractivity contribution in [1.29, 1.82) is 0 Å². The van der Waals surface area contributed by atoms with Gasteiger partial charge in [-0.3, -0.25) is 4.99 Å². The van der Waals surface area contributed by atoms with E-state index in [9.17, 15) is 8.78 Å². The standard InChI is InChI=1S/C19H26F2N6O2/c1-22-19(24-12-17-26-25-16-6-4-3-5-9-27(16)17)23-11-13-10-14(28-2)7-8-15(13)29-18(20)21/h7-8,10,18H,3-6,9,11-12H2,1-2H3,(H2,22,23,24). The van der Waals surface area contributed by atoms with Gasteiger partial charge in [0, 0.05) is 32.1 Å². The maximum atomic E-state index is 12.7. The summed E-state index contributed by atoms with van der Waals surface area (Å²) >= 11 is 0. The lowest BCUT2D eigenvalue weighted by Gasteiger charge is -2.15. The van der Waals surface area contributed by atoms with Gasteiger partial charge in [-0.05, 0) is 31.0 Å². The summed E-state index contributed by atoms with van der Waals surface area (Å²) in [6.07, 6.45) is 4.40. The van der Waals surface area contributed by atoms with Crippen molar-refractivity contribution in [3.63, 3.8) is 0 Å². The molecule has 1 aromatic carbocycles. The van der Waals surface area contributed by atoms with Gasteiger partial charge in [0.15, 0.2) is 11.8 Å². The van der Waals surface area contributed by atoms with Crippen molar-refractivity contribution in [2.24, 2.45) is 4.99 Å². The number of nitrogens with zero attached hydrogens (tertiary/aromatic N) is 4. The molecular weight excluding hydrogens is 382 g/mol. The number of methoxy groups -OCH3 is 1. The van der Waals surface area contributed by atoms with Gasteiger partial charge in [-0.2, -0.15) is 8.78 Å². The molecule has 10 heteroatoms. The number of rotatable bonds is 7. The number of hydrogen-bond donors (Lipinski definition) is 2. The molecule has 1 aliphatic rings. The average Bonchev–Trinajstić information content (AvgIpc) is 2.94. The predicted octanol–water partition coefficient (Wildman–Crippen LogP) is 2.48. The van der Waals surface area contributed by atoms with Crippen molar-refractivity contribution in [2.75, 3.05) is 14.2 Å². The van der Waals surface area contributed by atoms with Crippen molar-refractivity contribution in [2.45, 2.75) is 51.9 Å². The maximum Gasteiger partial charge on any atom is 0.387 e. The largest absolute Gasteiger partial charge is 0.497 e. The number of guanidine groups is 1. The second-order valence-corrected chi connectivity index (χ2v) is 6.63. The van der Waals surface area contributed by atoms with Crippen LogP contribution in [0.25, 0.3) is 0 Å². The first-order chi connectivity index (χ1) is 14.1. The zero-order valence-corrected chi connectivity index (χ0v) is 16.6. The fraction of sp³-hybridized carbons (Fsp3) is 0.526. The third kappa shape index (κ3) is 5.55. The van der Waals surface area contributed by atoms with Gasteiger partial charge < -0.3 is 24.7 Å². The predicted molar refractivity (Wildman–Crippen MR) is 104 cm³/mol. The van der Waals surface area contributed by atoms with Crippen molar-refractivity contribution >= 4 is 5.96 Å². The summed E-state index contributed by atoms with van der Waals surface area (Å²) < 4.78 is 37.3. The molecule has 2 N–H and O–H groups in total. The normalized spacial score (nSPS) is 14.3. The Morgan fingerprint density at radius 2 is 2.03 bits per heavy atom. The molecule has 2 heterocycles. The molecule has 0 saturated carbocycles. The number of aryl methyl sites for hydroxylation is 1. The van der Waals surface area contributed by atoms with Gasteiger partial charge in [0.25, 0.3) is 0 Å². The average molecular weight is 408 g/mol. The number of hydrogen-bond acceptors (Lipinski definition) is 5. The summed E-state index contributed by atoms with van der Waals surface area (Å²) in [5, 5.41) is 14.9. The van der Waals surface area contributed by atoms with Crippen LogP contribution in [0.5, 0.6) is 11.5 Å². The first-order valence-electron chi connectivity index (χ1n) is 9.58. The highest BCUT2D eigenvalue weighted by molar-refractivity contribution is 5.79. The molecule has 158 valence electrons. The molecule has 0 amide bonds. The number of alkyl halides is 2. The number of ether oxygens (including phenoxy) is 2. The molecule has 8 nitrogen and oxygen atoms in total. The van der Waals surface area contributed by atoms with Gasteiger partial charge in [-0.25, -0.2) is 0 Å². The minimum atomic E-state index is -2.90. The number of benzene rings is 1. The molecule has 1 aliphatic heterocycles. The van der Waals surface area contributed by atoms with Crippen LogP contribution < -0.4 is 20.1 Å². The smallest absolute Gasteiger partial charge is 0.387 e. The fourth-order valence-electron chi connectivity index (χ4n) is 3.27. The number of aliphatic imine (C=N–C) groups is 1. The van der Waals surface area contributed by atoms with Crippen LogP contribution >= 0.6 is 0 Å². The SMILES string of the molecule is CN=C(NCc1cc(OC)ccc1OC(F)F)NCc1nnc2n1CCCCC2. The first kappa shape index (κ1) is 20.8. The molecule has 0 saturated heterocycles. The van der Waals surface area contributed by atoms with E-state index in [1.165, 1.54) is 19.6 Å². The first-order valence-corrected chi connectivity index (χ1v) is 9.58. The van der Waals surface area contributed by atoms with Gasteiger partial charge in [0.2, 0.25) is 0 Å². The Bertz CT molecular complexity index is 840. The van der Waals surface area contributed by atoms with Crippen molar-refractivity contribution < 1.29 is 18.3 Å². The second-order valence-electron chi connectivity index (χ2n) is 6.63. The van der Waals surface area contributed by atoms with Gasteiger partial charge in [0.1, 0.15) is 17.3 Å². The summed E-state index contributed by atoms with van der Waals surface area (Å²) in [5.74, 6) is 3.03. The van der Waals surface area contributed by atoms with Crippen LogP contribution in [0.4, 0.5) is 8.78 Å². The highest BCUT2D eigenvalue weighted by Gasteiger charge is 2.15. The lowest BCUT2D eigenvalue weighted by Crippen LogP contribution is -2.37. The maximum absolute atomic E-state index is 12.7. The van der Waals surface area contributed by atoms with E-state index < -0.39 is 6.61 Å². The Labute approximate surface area is 168 Å². The highest BCUT2D eigenvalue weighted by atomic mass is 19.3. The van der Waals surface area contributed by atoms with Gasteiger partial charge in [0.05, 0.1) is 13.7 Å². The Morgan fingerprint density at radius 1 is 1.21 bits per heavy atom. The summed E-state index contributed by atoms with van der Waals surface area (Å²) in [6.45, 7) is -1.28. The van der Waals surface area contributed by atoms with E-state index in [-0.39, 0.29) is 12.3 Å². The van der Waals surface area contributed by atoms with Crippen LogP contribution in [-0.4, -0.2) is 41.5 Å². The molecule has 0 fully saturated rings. The minimum absolute atomic E-state index is 0.0894. The fourth-order valence-corrected chi connectivity index (χ4v) is 3.27. The lowest BCUT2D eigenvalue weighted by molar-refractivity contribution is -0.0504. The number of halogens is 2. The molecule has 0 radical (unpaired) electrons. The topological polar surface area (TPSA) is 85.6 Å². The van der Waals surface area contributed by atoms with Crippen molar-refractivity contribution in [3.05, 3.63) is 35.4 Å². The molecule has 1 aromatic heterocycles. The second kappa shape index (κ2) is 10.0. The van der Waals surface area contributed by atoms with Gasteiger partial charge in [-0.15, -0.1) is 10.2 Å². The highest BCUT2D eigenvalue weighted by Crippen LogP contribution is 2.25. The van der Waals surface area contributed by atoms with Crippen LogP contribution in [0, 0.1) is 0 Å². The molecule has 0 bridgehead atoms. The number of fused-ring (bicyclic) bond motifs is 1. The lowest BCUT2D eigenvalue weighted by atomic mass is 10.2. The van der Waals surface area contributed by atoms with E-state index in [2.05, 4.69) is 35.1 Å². The van der Waals surface area contributed by atoms with E-state index in [0.717, 1.165) is 37.5 Å². The van der Waals surface area contributed by atoms with Gasteiger partial charge in [-0.1, -0.05) is 6.42 Å². The Hall–Kier alpha value is -2.91. The third-order valence-corrected chi connectivity index (χ3v) is 4.75. The Kier molecular flexibility index (Phi) is 7.20. The van der Waals surface area contributed by atoms with Crippen molar-refractivity contribution in [3.8, 4) is 11.5 Å². The molecule has 29 heavy (non-hydrogen) atoms. The van der Waals surface area contributed by atoms with E-state index in [4.69, 9.17) is 4.74 Å². The summed E-state index contributed by atoms with van der Waals surface area (Å²) in [4.78, 5) is 4.18. The van der Waals surface area contributed by atoms with E-state index in [0.29, 0.717) is 23.8 Å². The minimum Gasteiger partial charge on any atom is -0.497 e. The molecule has 0 spiro atoms. The number of aromatic nitrogens is 3. The molecule has 0 aliphatic carbocycles. The Balaban J connectivity index is 1.62. The van der Waals surface area contributed by atoms with Crippen LogP contribution in [0.3, 0.4) is 0 Å². The molecule has 0 atom stereocenters. The summed E-state index contributed by atoms with van der Waals surface area (Å²) in [7, 11) is 3.16. The monoisotopic (exact) mass is 408 g/mol. The zero-order valence-electron chi connectivity index (χ0n) is 16.6. The van der Waals surface area contributed by atoms with Crippen LogP contribution in [0.2, 0.25) is 0 Å². The van der Waals surface area contributed by atoms with Crippen LogP contribution in [-0.2, 0) is 26.1 Å². The quantitative estimate of drug-likeness (QED) is 0.541. The molecule has 0 unspecified atom stereocenters. The van der Waals surface area contributed by atoms with E-state index in [1.54, 1.807) is 19.2 Å². The number of nitrogens with one attached hydrogen (secondary N) is 2. The van der Waals surface area contributed by atoms with Gasteiger partial charge >= 0.3 is 6.61 Å². The molecule has 2 aromatic rings. The van der Waals surface area contributed by atoms with Crippen LogP contribution in [0.1, 0.15) is 36.5 Å². The van der Waals surface area contributed by atoms with E-state index >= 15 is 0 Å².